The highest BCUT2D eigenvalue weighted by molar-refractivity contribution is 5.95. The molecule has 0 saturated carbocycles. The predicted octanol–water partition coefficient (Wildman–Crippen LogP) is 3.57. The first kappa shape index (κ1) is 15.3. The Bertz CT molecular complexity index is 629. The van der Waals surface area contributed by atoms with Gasteiger partial charge in [0.25, 0.3) is 5.91 Å². The van der Waals surface area contributed by atoms with Crippen molar-refractivity contribution >= 4 is 5.91 Å². The van der Waals surface area contributed by atoms with Crippen LogP contribution in [-0.2, 0) is 0 Å². The maximum absolute atomic E-state index is 12.5. The minimum absolute atomic E-state index is 0.0480. The molecule has 2 aromatic heterocycles. The van der Waals surface area contributed by atoms with Gasteiger partial charge in [0.15, 0.2) is 0 Å². The van der Waals surface area contributed by atoms with Crippen LogP contribution in [0.4, 0.5) is 0 Å². The fourth-order valence-corrected chi connectivity index (χ4v) is 2.78. The zero-order chi connectivity index (χ0) is 15.6. The van der Waals surface area contributed by atoms with Crippen LogP contribution < -0.4 is 5.32 Å². The van der Waals surface area contributed by atoms with Crippen LogP contribution in [0.2, 0.25) is 0 Å². The van der Waals surface area contributed by atoms with Crippen LogP contribution in [0.5, 0.6) is 0 Å². The molecule has 1 amide bonds. The molecule has 0 aromatic carbocycles. The van der Waals surface area contributed by atoms with Gasteiger partial charge in [-0.25, -0.2) is 0 Å². The van der Waals surface area contributed by atoms with Crippen molar-refractivity contribution in [3.63, 3.8) is 0 Å². The van der Waals surface area contributed by atoms with E-state index < -0.39 is 0 Å². The molecule has 4 heteroatoms. The van der Waals surface area contributed by atoms with Gasteiger partial charge in [-0.15, -0.1) is 0 Å². The van der Waals surface area contributed by atoms with Gasteiger partial charge in [0, 0.05) is 23.6 Å². The normalized spacial score (nSPS) is 12.5. The SMILES string of the molecule is Cc1cc(C(=O)NC(C)c2ccccn2)c(C)n1C(C)C. The van der Waals surface area contributed by atoms with E-state index in [-0.39, 0.29) is 11.9 Å². The van der Waals surface area contributed by atoms with Crippen LogP contribution in [-0.4, -0.2) is 15.5 Å². The van der Waals surface area contributed by atoms with E-state index in [0.29, 0.717) is 6.04 Å². The fourth-order valence-electron chi connectivity index (χ4n) is 2.78. The molecular formula is C17H23N3O. The molecule has 4 nitrogen and oxygen atoms in total. The average Bonchev–Trinajstić information content (AvgIpc) is 2.75. The minimum Gasteiger partial charge on any atom is -0.346 e. The lowest BCUT2D eigenvalue weighted by atomic mass is 10.1. The second-order valence-corrected chi connectivity index (χ2v) is 5.70. The van der Waals surface area contributed by atoms with Crippen molar-refractivity contribution in [2.45, 2.75) is 46.7 Å². The number of aryl methyl sites for hydroxylation is 1. The number of hydrogen-bond acceptors (Lipinski definition) is 2. The number of nitrogens with one attached hydrogen (secondary N) is 1. The zero-order valence-corrected chi connectivity index (χ0v) is 13.3. The van der Waals surface area contributed by atoms with Crippen molar-refractivity contribution in [1.82, 2.24) is 14.9 Å². The summed E-state index contributed by atoms with van der Waals surface area (Å²) >= 11 is 0. The van der Waals surface area contributed by atoms with Gasteiger partial charge in [0.1, 0.15) is 0 Å². The Morgan fingerprint density at radius 3 is 2.48 bits per heavy atom. The third-order valence-corrected chi connectivity index (χ3v) is 3.72. The van der Waals surface area contributed by atoms with E-state index in [1.165, 1.54) is 0 Å². The summed E-state index contributed by atoms with van der Waals surface area (Å²) in [5.74, 6) is -0.0480. The van der Waals surface area contributed by atoms with E-state index in [1.807, 2.05) is 45.0 Å². The third-order valence-electron chi connectivity index (χ3n) is 3.72. The predicted molar refractivity (Wildman–Crippen MR) is 84.4 cm³/mol. The number of amides is 1. The van der Waals surface area contributed by atoms with Crippen molar-refractivity contribution in [1.29, 1.82) is 0 Å². The lowest BCUT2D eigenvalue weighted by molar-refractivity contribution is 0.0938. The van der Waals surface area contributed by atoms with Gasteiger partial charge in [0.2, 0.25) is 0 Å². The molecule has 1 N–H and O–H groups in total. The summed E-state index contributed by atoms with van der Waals surface area (Å²) in [6.45, 7) is 10.2. The Labute approximate surface area is 126 Å². The molecule has 2 aromatic rings. The Morgan fingerprint density at radius 2 is 1.95 bits per heavy atom. The number of pyridine rings is 1. The molecule has 112 valence electrons. The van der Waals surface area contributed by atoms with Gasteiger partial charge in [0.05, 0.1) is 17.3 Å². The Kier molecular flexibility index (Phi) is 4.46. The van der Waals surface area contributed by atoms with Gasteiger partial charge in [-0.05, 0) is 52.8 Å². The van der Waals surface area contributed by atoms with E-state index in [1.54, 1.807) is 6.20 Å². The molecular weight excluding hydrogens is 262 g/mol. The lowest BCUT2D eigenvalue weighted by Gasteiger charge is -2.15. The molecule has 1 unspecified atom stereocenters. The summed E-state index contributed by atoms with van der Waals surface area (Å²) in [6, 6.07) is 7.91. The molecule has 0 radical (unpaired) electrons. The van der Waals surface area contributed by atoms with Gasteiger partial charge in [-0.1, -0.05) is 6.07 Å². The molecule has 1 atom stereocenters. The largest absolute Gasteiger partial charge is 0.346 e. The van der Waals surface area contributed by atoms with Crippen LogP contribution in [0.25, 0.3) is 0 Å². The molecule has 0 aliphatic heterocycles. The molecule has 0 aliphatic rings. The Balaban J connectivity index is 2.20. The topological polar surface area (TPSA) is 46.9 Å². The highest BCUT2D eigenvalue weighted by atomic mass is 16.1. The molecule has 21 heavy (non-hydrogen) atoms. The zero-order valence-electron chi connectivity index (χ0n) is 13.3. The van der Waals surface area contributed by atoms with E-state index in [0.717, 1.165) is 22.6 Å². The number of carbonyl (C=O) groups excluding carboxylic acids is 1. The molecule has 0 fully saturated rings. The maximum atomic E-state index is 12.5. The van der Waals surface area contributed by atoms with Crippen LogP contribution in [0.15, 0.2) is 30.5 Å². The van der Waals surface area contributed by atoms with E-state index in [2.05, 4.69) is 28.7 Å². The van der Waals surface area contributed by atoms with Crippen LogP contribution in [0, 0.1) is 13.8 Å². The quantitative estimate of drug-likeness (QED) is 0.933. The Morgan fingerprint density at radius 1 is 1.24 bits per heavy atom. The van der Waals surface area contributed by atoms with Crippen LogP contribution in [0.3, 0.4) is 0 Å². The van der Waals surface area contributed by atoms with Crippen LogP contribution >= 0.6 is 0 Å². The van der Waals surface area contributed by atoms with Crippen molar-refractivity contribution in [2.75, 3.05) is 0 Å². The summed E-state index contributed by atoms with van der Waals surface area (Å²) in [5.41, 5.74) is 3.72. The van der Waals surface area contributed by atoms with E-state index in [9.17, 15) is 4.79 Å². The highest BCUT2D eigenvalue weighted by Gasteiger charge is 2.19. The van der Waals surface area contributed by atoms with Crippen molar-refractivity contribution in [3.8, 4) is 0 Å². The minimum atomic E-state index is -0.110. The molecule has 0 spiro atoms. The third kappa shape index (κ3) is 3.15. The first-order valence-corrected chi connectivity index (χ1v) is 7.32. The molecule has 2 heterocycles. The smallest absolute Gasteiger partial charge is 0.253 e. The summed E-state index contributed by atoms with van der Waals surface area (Å²) < 4.78 is 2.18. The number of hydrogen-bond donors (Lipinski definition) is 1. The Hall–Kier alpha value is -2.10. The van der Waals surface area contributed by atoms with Gasteiger partial charge in [-0.3, -0.25) is 9.78 Å². The number of rotatable bonds is 4. The van der Waals surface area contributed by atoms with Crippen molar-refractivity contribution < 1.29 is 4.79 Å². The number of carbonyl (C=O) groups is 1. The second kappa shape index (κ2) is 6.12. The number of aromatic nitrogens is 2. The summed E-state index contributed by atoms with van der Waals surface area (Å²) in [5, 5.41) is 3.02. The molecule has 2 rings (SSSR count). The second-order valence-electron chi connectivity index (χ2n) is 5.70. The van der Waals surface area contributed by atoms with Gasteiger partial charge >= 0.3 is 0 Å². The summed E-state index contributed by atoms with van der Waals surface area (Å²) in [4.78, 5) is 16.8. The molecule has 0 saturated heterocycles. The van der Waals surface area contributed by atoms with Crippen LogP contribution in [0.1, 0.15) is 60.3 Å². The first-order chi connectivity index (χ1) is 9.91. The van der Waals surface area contributed by atoms with Gasteiger partial charge < -0.3 is 9.88 Å². The fraction of sp³-hybridized carbons (Fsp3) is 0.412. The average molecular weight is 285 g/mol. The van der Waals surface area contributed by atoms with E-state index >= 15 is 0 Å². The summed E-state index contributed by atoms with van der Waals surface area (Å²) in [7, 11) is 0. The number of nitrogens with zero attached hydrogens (tertiary/aromatic N) is 2. The van der Waals surface area contributed by atoms with Crippen molar-refractivity contribution in [3.05, 3.63) is 53.1 Å². The maximum Gasteiger partial charge on any atom is 0.253 e. The molecule has 0 aliphatic carbocycles. The monoisotopic (exact) mass is 285 g/mol. The van der Waals surface area contributed by atoms with E-state index in [4.69, 9.17) is 0 Å². The van der Waals surface area contributed by atoms with Crippen molar-refractivity contribution in [2.24, 2.45) is 0 Å². The lowest BCUT2D eigenvalue weighted by Crippen LogP contribution is -2.27. The molecule has 0 bridgehead atoms. The summed E-state index contributed by atoms with van der Waals surface area (Å²) in [6.07, 6.45) is 1.74. The first-order valence-electron chi connectivity index (χ1n) is 7.32. The van der Waals surface area contributed by atoms with Gasteiger partial charge in [-0.2, -0.15) is 0 Å². The highest BCUT2D eigenvalue weighted by Crippen LogP contribution is 2.21. The standard InChI is InChI=1S/C17H23N3O/c1-11(2)20-12(3)10-15(14(20)5)17(21)19-13(4)16-8-6-7-9-18-16/h6-11,13H,1-5H3,(H,19,21).